The maximum Gasteiger partial charge on any atom is 0.327 e. The molecular formula is C11H13NO3S. The first-order valence-electron chi connectivity index (χ1n) is 4.90. The highest BCUT2D eigenvalue weighted by molar-refractivity contribution is 7.99. The number of ether oxygens (including phenoxy) is 1. The molecule has 4 nitrogen and oxygen atoms in total. The van der Waals surface area contributed by atoms with Crippen molar-refractivity contribution in [2.45, 2.75) is 10.9 Å². The summed E-state index contributed by atoms with van der Waals surface area (Å²) in [5.41, 5.74) is 0.919. The van der Waals surface area contributed by atoms with Crippen molar-refractivity contribution < 1.29 is 14.6 Å². The number of carbonyl (C=O) groups is 1. The number of hydrogen-bond acceptors (Lipinski definition) is 4. The highest BCUT2D eigenvalue weighted by atomic mass is 32.2. The Kier molecular flexibility index (Phi) is 2.96. The minimum Gasteiger partial charge on any atom is -0.497 e. The van der Waals surface area contributed by atoms with Gasteiger partial charge in [-0.2, -0.15) is 0 Å². The molecule has 1 unspecified atom stereocenters. The summed E-state index contributed by atoms with van der Waals surface area (Å²) in [6.07, 6.45) is 0. The summed E-state index contributed by atoms with van der Waals surface area (Å²) in [5.74, 6) is 0.534. The first-order valence-corrected chi connectivity index (χ1v) is 5.88. The van der Waals surface area contributed by atoms with E-state index in [1.165, 1.54) is 0 Å². The van der Waals surface area contributed by atoms with Crippen molar-refractivity contribution in [1.82, 2.24) is 0 Å². The first kappa shape index (κ1) is 11.1. The normalized spacial score (nSPS) is 19.1. The number of anilines is 1. The van der Waals surface area contributed by atoms with Crippen LogP contribution in [0.15, 0.2) is 23.1 Å². The summed E-state index contributed by atoms with van der Waals surface area (Å²) < 4.78 is 5.14. The lowest BCUT2D eigenvalue weighted by molar-refractivity contribution is -0.138. The molecule has 0 fully saturated rings. The number of carboxylic acid groups (broad SMARTS) is 1. The molecule has 2 rings (SSSR count). The van der Waals surface area contributed by atoms with Gasteiger partial charge in [0.05, 0.1) is 12.8 Å². The topological polar surface area (TPSA) is 49.8 Å². The van der Waals surface area contributed by atoms with E-state index in [0.717, 1.165) is 16.3 Å². The minimum atomic E-state index is -0.788. The molecule has 5 heteroatoms. The molecule has 1 N–H and O–H groups in total. The standard InChI is InChI=1S/C11H13NO3S/c1-12-8-5-7(15-2)3-4-10(8)16-6-9(12)11(13)14/h3-5,9H,6H2,1-2H3,(H,13,14). The molecule has 0 aliphatic carbocycles. The van der Waals surface area contributed by atoms with Crippen LogP contribution in [0, 0.1) is 0 Å². The van der Waals surface area contributed by atoms with Gasteiger partial charge in [0.15, 0.2) is 0 Å². The molecule has 0 saturated heterocycles. The maximum atomic E-state index is 11.0. The molecule has 0 bridgehead atoms. The number of nitrogens with zero attached hydrogens (tertiary/aromatic N) is 1. The second-order valence-corrected chi connectivity index (χ2v) is 4.67. The number of likely N-dealkylation sites (N-methyl/N-ethyl adjacent to an activating group) is 1. The van der Waals surface area contributed by atoms with Gasteiger partial charge in [-0.15, -0.1) is 11.8 Å². The number of hydrogen-bond donors (Lipinski definition) is 1. The summed E-state index contributed by atoms with van der Waals surface area (Å²) in [4.78, 5) is 13.9. The van der Waals surface area contributed by atoms with Crippen LogP contribution in [0.1, 0.15) is 0 Å². The zero-order valence-electron chi connectivity index (χ0n) is 9.14. The van der Waals surface area contributed by atoms with E-state index in [4.69, 9.17) is 9.84 Å². The van der Waals surface area contributed by atoms with E-state index < -0.39 is 12.0 Å². The molecule has 1 aliphatic heterocycles. The van der Waals surface area contributed by atoms with E-state index >= 15 is 0 Å². The van der Waals surface area contributed by atoms with Crippen LogP contribution >= 0.6 is 11.8 Å². The number of thioether (sulfide) groups is 1. The molecule has 0 radical (unpaired) electrons. The maximum absolute atomic E-state index is 11.0. The van der Waals surface area contributed by atoms with Crippen molar-refractivity contribution in [2.75, 3.05) is 24.8 Å². The Balaban J connectivity index is 2.38. The van der Waals surface area contributed by atoms with Crippen molar-refractivity contribution >= 4 is 23.4 Å². The van der Waals surface area contributed by atoms with Gasteiger partial charge >= 0.3 is 5.97 Å². The average molecular weight is 239 g/mol. The SMILES string of the molecule is COc1ccc2c(c1)N(C)C(C(=O)O)CS2. The van der Waals surface area contributed by atoms with Gasteiger partial charge in [-0.05, 0) is 12.1 Å². The van der Waals surface area contributed by atoms with E-state index in [0.29, 0.717) is 5.75 Å². The highest BCUT2D eigenvalue weighted by Gasteiger charge is 2.29. The second kappa shape index (κ2) is 4.25. The Hall–Kier alpha value is -1.36. The Bertz CT molecular complexity index is 422. The fraction of sp³-hybridized carbons (Fsp3) is 0.364. The Morgan fingerprint density at radius 1 is 1.62 bits per heavy atom. The summed E-state index contributed by atoms with van der Waals surface area (Å²) >= 11 is 1.57. The second-order valence-electron chi connectivity index (χ2n) is 3.61. The largest absolute Gasteiger partial charge is 0.497 e. The average Bonchev–Trinajstić information content (AvgIpc) is 2.28. The lowest BCUT2D eigenvalue weighted by Crippen LogP contribution is -2.42. The zero-order chi connectivity index (χ0) is 11.7. The number of aliphatic carboxylic acids is 1. The smallest absolute Gasteiger partial charge is 0.327 e. The number of benzene rings is 1. The number of methoxy groups -OCH3 is 1. The van der Waals surface area contributed by atoms with Crippen molar-refractivity contribution in [2.24, 2.45) is 0 Å². The summed E-state index contributed by atoms with van der Waals surface area (Å²) in [6, 6.07) is 5.26. The molecule has 1 aromatic rings. The minimum absolute atomic E-state index is 0.468. The van der Waals surface area contributed by atoms with Crippen LogP contribution in [0.3, 0.4) is 0 Å². The Labute approximate surface area is 98.2 Å². The lowest BCUT2D eigenvalue weighted by atomic mass is 10.2. The molecule has 0 spiro atoms. The molecule has 0 amide bonds. The molecule has 1 atom stereocenters. The van der Waals surface area contributed by atoms with E-state index in [-0.39, 0.29) is 0 Å². The third-order valence-electron chi connectivity index (χ3n) is 2.70. The van der Waals surface area contributed by atoms with Gasteiger partial charge in [-0.1, -0.05) is 0 Å². The van der Waals surface area contributed by atoms with Crippen LogP contribution in [0.25, 0.3) is 0 Å². The van der Waals surface area contributed by atoms with Gasteiger partial charge in [0.25, 0.3) is 0 Å². The van der Waals surface area contributed by atoms with Crippen LogP contribution in [0.2, 0.25) is 0 Å². The van der Waals surface area contributed by atoms with Crippen LogP contribution in [0.5, 0.6) is 5.75 Å². The van der Waals surface area contributed by atoms with Crippen molar-refractivity contribution in [3.8, 4) is 5.75 Å². The monoisotopic (exact) mass is 239 g/mol. The summed E-state index contributed by atoms with van der Waals surface area (Å²) in [7, 11) is 3.41. The van der Waals surface area contributed by atoms with Gasteiger partial charge in [-0.3, -0.25) is 0 Å². The van der Waals surface area contributed by atoms with Crippen LogP contribution < -0.4 is 9.64 Å². The molecule has 0 saturated carbocycles. The molecule has 86 valence electrons. The zero-order valence-corrected chi connectivity index (χ0v) is 9.95. The molecule has 1 aliphatic rings. The predicted molar refractivity (Wildman–Crippen MR) is 63.5 cm³/mol. The molecule has 16 heavy (non-hydrogen) atoms. The van der Waals surface area contributed by atoms with E-state index in [9.17, 15) is 4.79 Å². The molecule has 0 aromatic heterocycles. The van der Waals surface area contributed by atoms with Crippen LogP contribution in [0.4, 0.5) is 5.69 Å². The van der Waals surface area contributed by atoms with Crippen molar-refractivity contribution in [3.63, 3.8) is 0 Å². The van der Waals surface area contributed by atoms with Crippen LogP contribution in [-0.2, 0) is 4.79 Å². The quantitative estimate of drug-likeness (QED) is 0.851. The fourth-order valence-electron chi connectivity index (χ4n) is 1.71. The van der Waals surface area contributed by atoms with Crippen molar-refractivity contribution in [1.29, 1.82) is 0 Å². The van der Waals surface area contributed by atoms with E-state index in [2.05, 4.69) is 0 Å². The van der Waals surface area contributed by atoms with Gasteiger partial charge < -0.3 is 14.7 Å². The molecule has 1 heterocycles. The highest BCUT2D eigenvalue weighted by Crippen LogP contribution is 2.38. The van der Waals surface area contributed by atoms with E-state index in [1.54, 1.807) is 30.8 Å². The van der Waals surface area contributed by atoms with E-state index in [1.807, 2.05) is 18.2 Å². The number of rotatable bonds is 2. The Morgan fingerprint density at radius 3 is 3.00 bits per heavy atom. The van der Waals surface area contributed by atoms with Gasteiger partial charge in [0.1, 0.15) is 11.8 Å². The predicted octanol–water partition coefficient (Wildman–Crippen LogP) is 1.69. The Morgan fingerprint density at radius 2 is 2.38 bits per heavy atom. The molecular weight excluding hydrogens is 226 g/mol. The summed E-state index contributed by atoms with van der Waals surface area (Å²) in [5, 5.41) is 9.07. The fourth-order valence-corrected chi connectivity index (χ4v) is 2.93. The van der Waals surface area contributed by atoms with Crippen molar-refractivity contribution in [3.05, 3.63) is 18.2 Å². The van der Waals surface area contributed by atoms with Gasteiger partial charge in [0.2, 0.25) is 0 Å². The van der Waals surface area contributed by atoms with Crippen LogP contribution in [-0.4, -0.2) is 37.0 Å². The number of carboxylic acids is 1. The third kappa shape index (κ3) is 1.82. The number of fused-ring (bicyclic) bond motifs is 1. The lowest BCUT2D eigenvalue weighted by Gasteiger charge is -2.32. The first-order chi connectivity index (χ1) is 7.63. The summed E-state index contributed by atoms with van der Waals surface area (Å²) in [6.45, 7) is 0. The van der Waals surface area contributed by atoms with Gasteiger partial charge in [-0.25, -0.2) is 4.79 Å². The van der Waals surface area contributed by atoms with Gasteiger partial charge in [0, 0.05) is 23.8 Å². The third-order valence-corrected chi connectivity index (χ3v) is 3.83. The molecule has 1 aromatic carbocycles.